The molecule has 0 N–H and O–H groups in total. The van der Waals surface area contributed by atoms with E-state index in [0.29, 0.717) is 5.41 Å². The minimum atomic E-state index is 0.707. The first kappa shape index (κ1) is 17.3. The van der Waals surface area contributed by atoms with E-state index in [4.69, 9.17) is 0 Å². The molecule has 1 aliphatic carbocycles. The van der Waals surface area contributed by atoms with Gasteiger partial charge in [0.25, 0.3) is 0 Å². The molecule has 0 atom stereocenters. The summed E-state index contributed by atoms with van der Waals surface area (Å²) in [5.74, 6) is 0. The Hall–Kier alpha value is -0.120. The minimum Gasteiger partial charge on any atom is -0.302 e. The Morgan fingerprint density at radius 2 is 1.54 bits per heavy atom. The fourth-order valence-corrected chi connectivity index (χ4v) is 5.74. The van der Waals surface area contributed by atoms with Crippen molar-refractivity contribution in [3.63, 3.8) is 0 Å². The van der Waals surface area contributed by atoms with Crippen LogP contribution in [0.2, 0.25) is 0 Å². The number of nitrogens with zero attached hydrogens (tertiary/aromatic N) is 3. The van der Waals surface area contributed by atoms with E-state index in [2.05, 4.69) is 35.5 Å². The molecule has 4 fully saturated rings. The van der Waals surface area contributed by atoms with Gasteiger partial charge in [-0.05, 0) is 95.8 Å². The van der Waals surface area contributed by atoms with Gasteiger partial charge in [-0.3, -0.25) is 0 Å². The van der Waals surface area contributed by atoms with Crippen molar-refractivity contribution < 1.29 is 0 Å². The molecule has 3 aliphatic heterocycles. The normalized spacial score (nSPS) is 31.5. The largest absolute Gasteiger partial charge is 0.302 e. The Morgan fingerprint density at radius 1 is 0.917 bits per heavy atom. The highest BCUT2D eigenvalue weighted by atomic mass is 15.3. The standard InChI is InChI=1S/C21H39N3/c1-4-20(7-8-20)15-22-16-21(17-22)9-13-24(14-10-21)19-5-11-23(12-6-19)18(2)3/h18-19H,4-17H2,1-3H3. The van der Waals surface area contributed by atoms with Crippen LogP contribution in [0.25, 0.3) is 0 Å². The van der Waals surface area contributed by atoms with E-state index in [1.807, 2.05) is 0 Å². The van der Waals surface area contributed by atoms with Gasteiger partial charge in [-0.25, -0.2) is 0 Å². The average molecular weight is 334 g/mol. The zero-order valence-electron chi connectivity index (χ0n) is 16.4. The van der Waals surface area contributed by atoms with Gasteiger partial charge in [0.05, 0.1) is 0 Å². The van der Waals surface area contributed by atoms with Crippen molar-refractivity contribution in [2.45, 2.75) is 77.8 Å². The monoisotopic (exact) mass is 333 g/mol. The van der Waals surface area contributed by atoms with Gasteiger partial charge in [0.2, 0.25) is 0 Å². The topological polar surface area (TPSA) is 9.72 Å². The second kappa shape index (κ2) is 6.55. The fraction of sp³-hybridized carbons (Fsp3) is 1.00. The van der Waals surface area contributed by atoms with Gasteiger partial charge >= 0.3 is 0 Å². The molecule has 24 heavy (non-hydrogen) atoms. The van der Waals surface area contributed by atoms with Crippen LogP contribution in [0.15, 0.2) is 0 Å². The van der Waals surface area contributed by atoms with Crippen molar-refractivity contribution in [2.24, 2.45) is 10.8 Å². The van der Waals surface area contributed by atoms with Crippen molar-refractivity contribution >= 4 is 0 Å². The van der Waals surface area contributed by atoms with Crippen molar-refractivity contribution in [3.05, 3.63) is 0 Å². The number of hydrogen-bond donors (Lipinski definition) is 0. The van der Waals surface area contributed by atoms with Crippen molar-refractivity contribution in [3.8, 4) is 0 Å². The minimum absolute atomic E-state index is 0.707. The summed E-state index contributed by atoms with van der Waals surface area (Å²) in [6.07, 6.45) is 10.1. The van der Waals surface area contributed by atoms with Gasteiger partial charge in [-0.1, -0.05) is 6.92 Å². The molecule has 0 amide bonds. The van der Waals surface area contributed by atoms with Gasteiger partial charge in [-0.2, -0.15) is 0 Å². The average Bonchev–Trinajstić information content (AvgIpc) is 3.34. The van der Waals surface area contributed by atoms with E-state index < -0.39 is 0 Å². The highest BCUT2D eigenvalue weighted by molar-refractivity contribution is 5.03. The molecule has 3 saturated heterocycles. The van der Waals surface area contributed by atoms with Gasteiger partial charge in [0, 0.05) is 31.7 Å². The second-order valence-electron chi connectivity index (χ2n) is 9.90. The maximum Gasteiger partial charge on any atom is 0.0120 e. The Morgan fingerprint density at radius 3 is 2.04 bits per heavy atom. The summed E-state index contributed by atoms with van der Waals surface area (Å²) in [4.78, 5) is 8.29. The molecular formula is C21H39N3. The number of piperidine rings is 2. The molecule has 0 bridgehead atoms. The van der Waals surface area contributed by atoms with E-state index in [1.165, 1.54) is 90.8 Å². The molecule has 3 heterocycles. The molecule has 0 aromatic carbocycles. The van der Waals surface area contributed by atoms with E-state index >= 15 is 0 Å². The van der Waals surface area contributed by atoms with Crippen LogP contribution >= 0.6 is 0 Å². The van der Waals surface area contributed by atoms with E-state index in [-0.39, 0.29) is 0 Å². The lowest BCUT2D eigenvalue weighted by atomic mass is 9.71. The Bertz CT molecular complexity index is 418. The van der Waals surface area contributed by atoms with Crippen molar-refractivity contribution in [1.29, 1.82) is 0 Å². The summed E-state index contributed by atoms with van der Waals surface area (Å²) in [5.41, 5.74) is 1.45. The molecule has 0 aromatic heterocycles. The van der Waals surface area contributed by atoms with Crippen LogP contribution < -0.4 is 0 Å². The zero-order valence-corrected chi connectivity index (χ0v) is 16.4. The molecule has 1 saturated carbocycles. The highest BCUT2D eigenvalue weighted by Crippen LogP contribution is 2.51. The number of hydrogen-bond acceptors (Lipinski definition) is 3. The van der Waals surface area contributed by atoms with Crippen LogP contribution in [-0.4, -0.2) is 72.6 Å². The van der Waals surface area contributed by atoms with Gasteiger partial charge in [0.15, 0.2) is 0 Å². The summed E-state index contributed by atoms with van der Waals surface area (Å²) in [7, 11) is 0. The summed E-state index contributed by atoms with van der Waals surface area (Å²) in [6, 6.07) is 1.61. The zero-order chi connectivity index (χ0) is 16.8. The smallest absolute Gasteiger partial charge is 0.0120 e. The van der Waals surface area contributed by atoms with Crippen LogP contribution in [0, 0.1) is 10.8 Å². The number of likely N-dealkylation sites (tertiary alicyclic amines) is 3. The molecule has 0 aromatic rings. The lowest BCUT2D eigenvalue weighted by molar-refractivity contribution is -0.0664. The van der Waals surface area contributed by atoms with Crippen LogP contribution in [0.3, 0.4) is 0 Å². The predicted octanol–water partition coefficient (Wildman–Crippen LogP) is 3.45. The third-order valence-electron chi connectivity index (χ3n) is 7.99. The van der Waals surface area contributed by atoms with Crippen LogP contribution in [0.1, 0.15) is 65.7 Å². The quantitative estimate of drug-likeness (QED) is 0.763. The molecule has 1 spiro atoms. The van der Waals surface area contributed by atoms with E-state index in [1.54, 1.807) is 0 Å². The first-order chi connectivity index (χ1) is 11.5. The van der Waals surface area contributed by atoms with Crippen molar-refractivity contribution in [2.75, 3.05) is 45.8 Å². The maximum absolute atomic E-state index is 2.85. The van der Waals surface area contributed by atoms with Gasteiger partial charge in [-0.15, -0.1) is 0 Å². The summed E-state index contributed by atoms with van der Waals surface area (Å²) in [5, 5.41) is 0. The van der Waals surface area contributed by atoms with Crippen LogP contribution in [0.5, 0.6) is 0 Å². The van der Waals surface area contributed by atoms with Crippen LogP contribution in [0.4, 0.5) is 0 Å². The SMILES string of the molecule is CCC1(CN2CC3(CCN(C4CCN(C(C)C)CC4)CC3)C2)CC1. The lowest BCUT2D eigenvalue weighted by Crippen LogP contribution is -2.62. The Balaban J connectivity index is 1.19. The fourth-order valence-electron chi connectivity index (χ4n) is 5.74. The van der Waals surface area contributed by atoms with Gasteiger partial charge in [0.1, 0.15) is 0 Å². The molecule has 4 rings (SSSR count). The molecule has 4 aliphatic rings. The Kier molecular flexibility index (Phi) is 4.73. The molecule has 138 valence electrons. The van der Waals surface area contributed by atoms with Gasteiger partial charge < -0.3 is 14.7 Å². The first-order valence-electron chi connectivity index (χ1n) is 10.7. The van der Waals surface area contributed by atoms with Crippen molar-refractivity contribution in [1.82, 2.24) is 14.7 Å². The van der Waals surface area contributed by atoms with E-state index in [0.717, 1.165) is 17.5 Å². The maximum atomic E-state index is 2.85. The molecular weight excluding hydrogens is 294 g/mol. The third-order valence-corrected chi connectivity index (χ3v) is 7.99. The lowest BCUT2D eigenvalue weighted by Gasteiger charge is -2.56. The summed E-state index contributed by atoms with van der Waals surface area (Å²) in [6.45, 7) is 16.7. The second-order valence-corrected chi connectivity index (χ2v) is 9.90. The molecule has 0 unspecified atom stereocenters. The third kappa shape index (κ3) is 3.41. The first-order valence-corrected chi connectivity index (χ1v) is 10.7. The number of rotatable bonds is 5. The highest BCUT2D eigenvalue weighted by Gasteiger charge is 2.50. The molecule has 0 radical (unpaired) electrons. The summed E-state index contributed by atoms with van der Waals surface area (Å²) < 4.78 is 0. The van der Waals surface area contributed by atoms with E-state index in [9.17, 15) is 0 Å². The molecule has 3 nitrogen and oxygen atoms in total. The van der Waals surface area contributed by atoms with Crippen LogP contribution in [-0.2, 0) is 0 Å². The summed E-state index contributed by atoms with van der Waals surface area (Å²) >= 11 is 0. The predicted molar refractivity (Wildman–Crippen MR) is 101 cm³/mol. The Labute approximate surface area is 149 Å². The molecule has 3 heteroatoms.